The molecule has 9 heteroatoms. The first kappa shape index (κ1) is 22.4. The van der Waals surface area contributed by atoms with Crippen LogP contribution in [0.4, 0.5) is 13.2 Å². The molecule has 0 aliphatic rings. The molecule has 26 heavy (non-hydrogen) atoms. The molecule has 2 aromatic carbocycles. The van der Waals surface area contributed by atoms with Gasteiger partial charge in [-0.1, -0.05) is 30.3 Å². The molecular formula is C17H20ClF3N2O2S. The van der Waals surface area contributed by atoms with Crippen molar-refractivity contribution in [3.05, 3.63) is 65.7 Å². The van der Waals surface area contributed by atoms with Crippen LogP contribution in [0.5, 0.6) is 0 Å². The highest BCUT2D eigenvalue weighted by Gasteiger charge is 2.31. The first-order valence-corrected chi connectivity index (χ1v) is 9.10. The molecule has 0 fully saturated rings. The third-order valence-electron chi connectivity index (χ3n) is 3.63. The number of nitrogens with two attached hydrogens (primary N) is 1. The van der Waals surface area contributed by atoms with Crippen molar-refractivity contribution in [3.8, 4) is 0 Å². The van der Waals surface area contributed by atoms with Gasteiger partial charge < -0.3 is 5.73 Å². The van der Waals surface area contributed by atoms with Crippen LogP contribution in [0.3, 0.4) is 0 Å². The Bertz CT molecular complexity index is 782. The second-order valence-corrected chi connectivity index (χ2v) is 7.43. The van der Waals surface area contributed by atoms with E-state index in [-0.39, 0.29) is 30.4 Å². The van der Waals surface area contributed by atoms with Crippen molar-refractivity contribution in [2.75, 3.05) is 13.1 Å². The van der Waals surface area contributed by atoms with E-state index in [0.29, 0.717) is 13.0 Å². The molecule has 0 radical (unpaired) electrons. The standard InChI is InChI=1S/C17H19F3N2O2S.ClH/c18-17(19,20)15-7-9-16(10-8-15)25(23,24)22(12-4-11-21)13-14-5-2-1-3-6-14;/h1-3,5-10H,4,11-13,21H2;1H. The number of sulfonamides is 1. The first-order valence-electron chi connectivity index (χ1n) is 7.66. The number of halogens is 4. The average Bonchev–Trinajstić information content (AvgIpc) is 2.58. The molecule has 0 unspecified atom stereocenters. The van der Waals surface area contributed by atoms with E-state index in [1.165, 1.54) is 4.31 Å². The molecule has 0 heterocycles. The van der Waals surface area contributed by atoms with Gasteiger partial charge in [-0.3, -0.25) is 0 Å². The maximum Gasteiger partial charge on any atom is 0.416 e. The summed E-state index contributed by atoms with van der Waals surface area (Å²) < 4.78 is 64.8. The SMILES string of the molecule is Cl.NCCCN(Cc1ccccc1)S(=O)(=O)c1ccc(C(F)(F)F)cc1. The summed E-state index contributed by atoms with van der Waals surface area (Å²) in [5.74, 6) is 0. The van der Waals surface area contributed by atoms with Crippen LogP contribution in [0, 0.1) is 0 Å². The van der Waals surface area contributed by atoms with Gasteiger partial charge in [-0.05, 0) is 42.8 Å². The Balaban J connectivity index is 0.00000338. The molecule has 2 N–H and O–H groups in total. The number of benzene rings is 2. The van der Waals surface area contributed by atoms with Crippen molar-refractivity contribution in [1.82, 2.24) is 4.31 Å². The minimum absolute atomic E-state index is 0. The van der Waals surface area contributed by atoms with Crippen LogP contribution in [0.1, 0.15) is 17.5 Å². The third-order valence-corrected chi connectivity index (χ3v) is 5.49. The zero-order valence-electron chi connectivity index (χ0n) is 13.8. The summed E-state index contributed by atoms with van der Waals surface area (Å²) in [4.78, 5) is -0.173. The molecule has 0 atom stereocenters. The third kappa shape index (κ3) is 5.70. The van der Waals surface area contributed by atoms with Gasteiger partial charge in [0.1, 0.15) is 0 Å². The topological polar surface area (TPSA) is 63.4 Å². The molecule has 144 valence electrons. The largest absolute Gasteiger partial charge is 0.416 e. The quantitative estimate of drug-likeness (QED) is 0.760. The number of hydrogen-bond acceptors (Lipinski definition) is 3. The maximum atomic E-state index is 12.8. The Morgan fingerprint density at radius 1 is 0.962 bits per heavy atom. The predicted octanol–water partition coefficient (Wildman–Crippen LogP) is 3.67. The Labute approximate surface area is 157 Å². The molecule has 0 aliphatic carbocycles. The summed E-state index contributed by atoms with van der Waals surface area (Å²) in [6.45, 7) is 0.632. The lowest BCUT2D eigenvalue weighted by Crippen LogP contribution is -2.32. The first-order chi connectivity index (χ1) is 11.7. The molecule has 0 bridgehead atoms. The summed E-state index contributed by atoms with van der Waals surface area (Å²) in [6.07, 6.45) is -4.06. The minimum Gasteiger partial charge on any atom is -0.330 e. The summed E-state index contributed by atoms with van der Waals surface area (Å²) in [5.41, 5.74) is 5.37. The van der Waals surface area contributed by atoms with Gasteiger partial charge in [0, 0.05) is 13.1 Å². The van der Waals surface area contributed by atoms with E-state index in [1.807, 2.05) is 6.07 Å². The predicted molar refractivity (Wildman–Crippen MR) is 96.4 cm³/mol. The van der Waals surface area contributed by atoms with Gasteiger partial charge >= 0.3 is 6.18 Å². The van der Waals surface area contributed by atoms with E-state index in [4.69, 9.17) is 5.73 Å². The Hall–Kier alpha value is -1.61. The summed E-state index contributed by atoms with van der Waals surface area (Å²) in [7, 11) is -3.92. The van der Waals surface area contributed by atoms with Crippen molar-refractivity contribution in [2.24, 2.45) is 5.73 Å². The lowest BCUT2D eigenvalue weighted by Gasteiger charge is -2.22. The highest BCUT2D eigenvalue weighted by atomic mass is 35.5. The molecule has 0 aliphatic heterocycles. The van der Waals surface area contributed by atoms with Gasteiger partial charge in [0.15, 0.2) is 0 Å². The number of alkyl halides is 3. The van der Waals surface area contributed by atoms with Crippen molar-refractivity contribution >= 4 is 22.4 Å². The molecule has 0 amide bonds. The van der Waals surface area contributed by atoms with Gasteiger partial charge in [-0.15, -0.1) is 12.4 Å². The molecular weight excluding hydrogens is 389 g/mol. The van der Waals surface area contributed by atoms with Crippen LogP contribution < -0.4 is 5.73 Å². The summed E-state index contributed by atoms with van der Waals surface area (Å²) in [5, 5.41) is 0. The molecule has 0 saturated heterocycles. The van der Waals surface area contributed by atoms with Crippen molar-refractivity contribution in [2.45, 2.75) is 24.0 Å². The zero-order valence-corrected chi connectivity index (χ0v) is 15.4. The van der Waals surface area contributed by atoms with Gasteiger partial charge in [-0.25, -0.2) is 8.42 Å². The van der Waals surface area contributed by atoms with Crippen LogP contribution in [0.25, 0.3) is 0 Å². The normalized spacial score (nSPS) is 12.0. The number of nitrogens with zero attached hydrogens (tertiary/aromatic N) is 1. The Kier molecular flexibility index (Phi) is 8.08. The number of hydrogen-bond donors (Lipinski definition) is 1. The van der Waals surface area contributed by atoms with Gasteiger partial charge in [0.25, 0.3) is 0 Å². The minimum atomic E-state index is -4.51. The second kappa shape index (κ2) is 9.36. The monoisotopic (exact) mass is 408 g/mol. The van der Waals surface area contributed by atoms with E-state index in [0.717, 1.165) is 29.8 Å². The van der Waals surface area contributed by atoms with Crippen LogP contribution in [-0.4, -0.2) is 25.8 Å². The fraction of sp³-hybridized carbons (Fsp3) is 0.294. The van der Waals surface area contributed by atoms with E-state index in [2.05, 4.69) is 0 Å². The second-order valence-electron chi connectivity index (χ2n) is 5.49. The lowest BCUT2D eigenvalue weighted by molar-refractivity contribution is -0.137. The van der Waals surface area contributed by atoms with E-state index >= 15 is 0 Å². The zero-order chi connectivity index (χ0) is 18.5. The highest BCUT2D eigenvalue weighted by molar-refractivity contribution is 7.89. The summed E-state index contributed by atoms with van der Waals surface area (Å²) >= 11 is 0. The Morgan fingerprint density at radius 3 is 2.04 bits per heavy atom. The molecule has 4 nitrogen and oxygen atoms in total. The lowest BCUT2D eigenvalue weighted by atomic mass is 10.2. The number of rotatable bonds is 7. The molecule has 0 aromatic heterocycles. The van der Waals surface area contributed by atoms with Gasteiger partial charge in [0.05, 0.1) is 10.5 Å². The van der Waals surface area contributed by atoms with E-state index in [9.17, 15) is 21.6 Å². The van der Waals surface area contributed by atoms with E-state index in [1.54, 1.807) is 24.3 Å². The smallest absolute Gasteiger partial charge is 0.330 e. The Morgan fingerprint density at radius 2 is 1.54 bits per heavy atom. The van der Waals surface area contributed by atoms with Gasteiger partial charge in [0.2, 0.25) is 10.0 Å². The maximum absolute atomic E-state index is 12.8. The summed E-state index contributed by atoms with van der Waals surface area (Å²) in [6, 6.07) is 12.5. The van der Waals surface area contributed by atoms with Crippen molar-refractivity contribution in [1.29, 1.82) is 0 Å². The van der Waals surface area contributed by atoms with Crippen molar-refractivity contribution in [3.63, 3.8) is 0 Å². The molecule has 0 saturated carbocycles. The fourth-order valence-corrected chi connectivity index (χ4v) is 3.77. The van der Waals surface area contributed by atoms with Crippen LogP contribution in [0.15, 0.2) is 59.5 Å². The van der Waals surface area contributed by atoms with Gasteiger partial charge in [-0.2, -0.15) is 17.5 Å². The van der Waals surface area contributed by atoms with Crippen LogP contribution >= 0.6 is 12.4 Å². The van der Waals surface area contributed by atoms with Crippen LogP contribution in [-0.2, 0) is 22.7 Å². The average molecular weight is 409 g/mol. The van der Waals surface area contributed by atoms with Crippen molar-refractivity contribution < 1.29 is 21.6 Å². The molecule has 0 spiro atoms. The van der Waals surface area contributed by atoms with E-state index < -0.39 is 21.8 Å². The molecule has 2 rings (SSSR count). The molecule has 2 aromatic rings. The fourth-order valence-electron chi connectivity index (χ4n) is 2.30. The highest BCUT2D eigenvalue weighted by Crippen LogP contribution is 2.30. The van der Waals surface area contributed by atoms with Crippen LogP contribution in [0.2, 0.25) is 0 Å².